The molecular weight excluding hydrogens is 332 g/mol. The monoisotopic (exact) mass is 360 g/mol. The zero-order chi connectivity index (χ0) is 19.5. The molecule has 0 radical (unpaired) electrons. The lowest BCUT2D eigenvalue weighted by Crippen LogP contribution is -2.34. The third-order valence-electron chi connectivity index (χ3n) is 4.00. The fourth-order valence-electron chi connectivity index (χ4n) is 2.77. The van der Waals surface area contributed by atoms with Gasteiger partial charge in [0, 0.05) is 24.0 Å². The number of ether oxygens (including phenoxy) is 1. The maximum atomic E-state index is 12.4. The predicted molar refractivity (Wildman–Crippen MR) is 102 cm³/mol. The number of carbonyl (C=O) groups excluding carboxylic acids is 2. The van der Waals surface area contributed by atoms with Crippen molar-refractivity contribution in [2.75, 3.05) is 13.1 Å². The van der Waals surface area contributed by atoms with E-state index in [4.69, 9.17) is 9.15 Å². The van der Waals surface area contributed by atoms with Gasteiger partial charge >= 0.3 is 6.09 Å². The first-order valence-electron chi connectivity index (χ1n) is 8.84. The van der Waals surface area contributed by atoms with E-state index in [0.29, 0.717) is 25.3 Å². The summed E-state index contributed by atoms with van der Waals surface area (Å²) in [5.74, 6) is 0.104. The average Bonchev–Trinajstić information content (AvgIpc) is 2.88. The predicted octanol–water partition coefficient (Wildman–Crippen LogP) is 4.00. The van der Waals surface area contributed by atoms with Gasteiger partial charge in [0.15, 0.2) is 5.76 Å². The molecule has 2 amide bonds. The zero-order valence-electron chi connectivity index (χ0n) is 16.4. The number of aryl methyl sites for hydroxylation is 3. The smallest absolute Gasteiger partial charge is 0.407 e. The Bertz CT molecular complexity index is 815. The molecule has 1 heterocycles. The Morgan fingerprint density at radius 1 is 1.04 bits per heavy atom. The number of furan rings is 1. The fourth-order valence-corrected chi connectivity index (χ4v) is 2.77. The molecule has 0 aliphatic rings. The van der Waals surface area contributed by atoms with Crippen LogP contribution in [0.25, 0.3) is 11.0 Å². The molecule has 1 aromatic carbocycles. The number of fused-ring (bicyclic) bond motifs is 1. The van der Waals surface area contributed by atoms with Crippen LogP contribution in [-0.2, 0) is 4.74 Å². The van der Waals surface area contributed by atoms with Crippen LogP contribution < -0.4 is 10.6 Å². The molecule has 0 saturated heterocycles. The van der Waals surface area contributed by atoms with Crippen LogP contribution in [0.5, 0.6) is 0 Å². The van der Waals surface area contributed by atoms with E-state index in [1.165, 1.54) is 0 Å². The van der Waals surface area contributed by atoms with Crippen LogP contribution in [0.2, 0.25) is 0 Å². The standard InChI is InChI=1S/C20H28N2O4/c1-12-8-9-13(2)16-15(12)14(3)17(25-16)18(23)21-10-7-11-22-19(24)26-20(4,5)6/h8-9H,7,10-11H2,1-6H3,(H,21,23)(H,22,24). The van der Waals surface area contributed by atoms with E-state index in [2.05, 4.69) is 10.6 Å². The summed E-state index contributed by atoms with van der Waals surface area (Å²) in [6.07, 6.45) is 0.144. The van der Waals surface area contributed by atoms with Crippen LogP contribution >= 0.6 is 0 Å². The van der Waals surface area contributed by atoms with Crippen LogP contribution in [0.3, 0.4) is 0 Å². The summed E-state index contributed by atoms with van der Waals surface area (Å²) in [6.45, 7) is 12.2. The van der Waals surface area contributed by atoms with Crippen molar-refractivity contribution >= 4 is 23.0 Å². The molecule has 2 rings (SSSR count). The number of rotatable bonds is 5. The molecule has 0 unspecified atom stereocenters. The maximum Gasteiger partial charge on any atom is 0.407 e. The van der Waals surface area contributed by atoms with Gasteiger partial charge in [-0.2, -0.15) is 0 Å². The van der Waals surface area contributed by atoms with E-state index in [0.717, 1.165) is 27.7 Å². The van der Waals surface area contributed by atoms with Gasteiger partial charge in [-0.15, -0.1) is 0 Å². The van der Waals surface area contributed by atoms with Crippen molar-refractivity contribution < 1.29 is 18.7 Å². The quantitative estimate of drug-likeness (QED) is 0.790. The molecule has 6 heteroatoms. The van der Waals surface area contributed by atoms with E-state index in [-0.39, 0.29) is 5.91 Å². The van der Waals surface area contributed by atoms with E-state index in [1.54, 1.807) is 0 Å². The molecule has 142 valence electrons. The van der Waals surface area contributed by atoms with Crippen molar-refractivity contribution in [1.82, 2.24) is 10.6 Å². The highest BCUT2D eigenvalue weighted by Crippen LogP contribution is 2.30. The van der Waals surface area contributed by atoms with Crippen molar-refractivity contribution in [1.29, 1.82) is 0 Å². The Hall–Kier alpha value is -2.50. The number of nitrogens with one attached hydrogen (secondary N) is 2. The average molecular weight is 360 g/mol. The zero-order valence-corrected chi connectivity index (χ0v) is 16.4. The first-order valence-corrected chi connectivity index (χ1v) is 8.84. The minimum atomic E-state index is -0.520. The third-order valence-corrected chi connectivity index (χ3v) is 4.00. The van der Waals surface area contributed by atoms with Gasteiger partial charge in [-0.05, 0) is 59.1 Å². The summed E-state index contributed by atoms with van der Waals surface area (Å²) in [6, 6.07) is 4.02. The van der Waals surface area contributed by atoms with Gasteiger partial charge < -0.3 is 19.8 Å². The SMILES string of the molecule is Cc1ccc(C)c2c(C)c(C(=O)NCCCNC(=O)OC(C)(C)C)oc12. The van der Waals surface area contributed by atoms with Crippen LogP contribution in [0.4, 0.5) is 4.79 Å². The van der Waals surface area contributed by atoms with Gasteiger partial charge in [0.2, 0.25) is 0 Å². The van der Waals surface area contributed by atoms with E-state index < -0.39 is 11.7 Å². The second kappa shape index (κ2) is 7.81. The third kappa shape index (κ3) is 4.77. The molecule has 2 aromatic rings. The first kappa shape index (κ1) is 19.8. The molecule has 0 fully saturated rings. The molecule has 2 N–H and O–H groups in total. The Balaban J connectivity index is 1.88. The Labute approximate surface area is 154 Å². The van der Waals surface area contributed by atoms with Gasteiger partial charge in [0.1, 0.15) is 11.2 Å². The second-order valence-corrected chi connectivity index (χ2v) is 7.50. The molecule has 0 saturated carbocycles. The topological polar surface area (TPSA) is 80.6 Å². The summed E-state index contributed by atoms with van der Waals surface area (Å²) >= 11 is 0. The van der Waals surface area contributed by atoms with E-state index >= 15 is 0 Å². The van der Waals surface area contributed by atoms with E-state index in [1.807, 2.05) is 53.7 Å². The molecule has 26 heavy (non-hydrogen) atoms. The molecule has 0 aliphatic carbocycles. The summed E-state index contributed by atoms with van der Waals surface area (Å²) < 4.78 is 11.0. The highest BCUT2D eigenvalue weighted by atomic mass is 16.6. The normalized spacial score (nSPS) is 11.5. The van der Waals surface area contributed by atoms with Gasteiger partial charge in [-0.25, -0.2) is 4.79 Å². The van der Waals surface area contributed by atoms with Crippen LogP contribution in [0.15, 0.2) is 16.5 Å². The van der Waals surface area contributed by atoms with Crippen LogP contribution in [0, 0.1) is 20.8 Å². The van der Waals surface area contributed by atoms with Crippen LogP contribution in [-0.4, -0.2) is 30.7 Å². The highest BCUT2D eigenvalue weighted by Gasteiger charge is 2.20. The molecule has 0 bridgehead atoms. The number of benzene rings is 1. The minimum Gasteiger partial charge on any atom is -0.450 e. The summed E-state index contributed by atoms with van der Waals surface area (Å²) in [5.41, 5.74) is 3.19. The number of carbonyl (C=O) groups is 2. The van der Waals surface area contributed by atoms with Crippen molar-refractivity contribution in [2.45, 2.75) is 53.6 Å². The first-order chi connectivity index (χ1) is 12.1. The number of hydrogen-bond donors (Lipinski definition) is 2. The molecule has 1 aromatic heterocycles. The fraction of sp³-hybridized carbons (Fsp3) is 0.500. The van der Waals surface area contributed by atoms with E-state index in [9.17, 15) is 9.59 Å². The van der Waals surface area contributed by atoms with Crippen molar-refractivity contribution in [2.24, 2.45) is 0 Å². The highest BCUT2D eigenvalue weighted by molar-refractivity contribution is 6.00. The molecular formula is C20H28N2O4. The van der Waals surface area contributed by atoms with Crippen LogP contribution in [0.1, 0.15) is 54.4 Å². The van der Waals surface area contributed by atoms with Crippen molar-refractivity contribution in [3.63, 3.8) is 0 Å². The lowest BCUT2D eigenvalue weighted by molar-refractivity contribution is 0.0527. The number of hydrogen-bond acceptors (Lipinski definition) is 4. The second-order valence-electron chi connectivity index (χ2n) is 7.50. The van der Waals surface area contributed by atoms with Crippen molar-refractivity contribution in [3.8, 4) is 0 Å². The lowest BCUT2D eigenvalue weighted by atomic mass is 10.0. The number of amides is 2. The molecule has 0 spiro atoms. The van der Waals surface area contributed by atoms with Gasteiger partial charge in [0.25, 0.3) is 5.91 Å². The summed E-state index contributed by atoms with van der Waals surface area (Å²) in [7, 11) is 0. The minimum absolute atomic E-state index is 0.241. The molecule has 6 nitrogen and oxygen atoms in total. The molecule has 0 atom stereocenters. The lowest BCUT2D eigenvalue weighted by Gasteiger charge is -2.19. The summed E-state index contributed by atoms with van der Waals surface area (Å²) in [5, 5.41) is 6.50. The van der Waals surface area contributed by atoms with Gasteiger partial charge in [-0.1, -0.05) is 12.1 Å². The maximum absolute atomic E-state index is 12.4. The Morgan fingerprint density at radius 2 is 1.65 bits per heavy atom. The summed E-state index contributed by atoms with van der Waals surface area (Å²) in [4.78, 5) is 24.0. The Kier molecular flexibility index (Phi) is 5.95. The van der Waals surface area contributed by atoms with Crippen molar-refractivity contribution in [3.05, 3.63) is 34.6 Å². The molecule has 0 aliphatic heterocycles. The Morgan fingerprint density at radius 3 is 2.27 bits per heavy atom. The van der Waals surface area contributed by atoms with Gasteiger partial charge in [-0.3, -0.25) is 4.79 Å². The van der Waals surface area contributed by atoms with Gasteiger partial charge in [0.05, 0.1) is 0 Å². The largest absolute Gasteiger partial charge is 0.450 e. The number of alkyl carbamates (subject to hydrolysis) is 1.